The third-order valence-corrected chi connectivity index (χ3v) is 5.74. The van der Waals surface area contributed by atoms with Crippen molar-refractivity contribution in [2.24, 2.45) is 0 Å². The first-order valence-electron chi connectivity index (χ1n) is 8.74. The Kier molecular flexibility index (Phi) is 5.61. The van der Waals surface area contributed by atoms with E-state index >= 15 is 0 Å². The van der Waals surface area contributed by atoms with Crippen molar-refractivity contribution in [1.82, 2.24) is 9.62 Å². The minimum absolute atomic E-state index is 0.0154. The largest absolute Gasteiger partial charge is 0.375 e. The van der Waals surface area contributed by atoms with Gasteiger partial charge in [-0.05, 0) is 44.0 Å². The van der Waals surface area contributed by atoms with Gasteiger partial charge in [0.15, 0.2) is 0 Å². The number of ether oxygens (including phenoxy) is 1. The van der Waals surface area contributed by atoms with Gasteiger partial charge in [-0.3, -0.25) is 9.52 Å². The van der Waals surface area contributed by atoms with Gasteiger partial charge in [-0.15, -0.1) is 0 Å². The second kappa shape index (κ2) is 7.72. The van der Waals surface area contributed by atoms with Crippen LogP contribution in [0.4, 0.5) is 5.69 Å². The standard InChI is InChI=1S/C17H25N3O4S/c1-13-12-20(10-11-24-13)17(21)14-6-8-16(9-7-14)19-25(22,23)18-15-4-2-3-5-15/h6-9,13,15,18-19H,2-5,10-12H2,1H3. The highest BCUT2D eigenvalue weighted by atomic mass is 32.2. The Morgan fingerprint density at radius 3 is 2.52 bits per heavy atom. The molecule has 3 rings (SSSR count). The van der Waals surface area contributed by atoms with Crippen LogP contribution in [0.2, 0.25) is 0 Å². The lowest BCUT2D eigenvalue weighted by Crippen LogP contribution is -2.44. The summed E-state index contributed by atoms with van der Waals surface area (Å²) in [7, 11) is -3.59. The maximum Gasteiger partial charge on any atom is 0.299 e. The van der Waals surface area contributed by atoms with Crippen LogP contribution in [0.25, 0.3) is 0 Å². The fourth-order valence-corrected chi connectivity index (χ4v) is 4.49. The molecule has 2 aliphatic rings. The summed E-state index contributed by atoms with van der Waals surface area (Å²) in [5, 5.41) is 0. The fraction of sp³-hybridized carbons (Fsp3) is 0.588. The van der Waals surface area contributed by atoms with Crippen LogP contribution in [-0.4, -0.2) is 51.1 Å². The predicted molar refractivity (Wildman–Crippen MR) is 95.7 cm³/mol. The minimum Gasteiger partial charge on any atom is -0.375 e. The molecular weight excluding hydrogens is 342 g/mol. The van der Waals surface area contributed by atoms with Crippen molar-refractivity contribution in [2.45, 2.75) is 44.8 Å². The van der Waals surface area contributed by atoms with Crippen molar-refractivity contribution in [3.8, 4) is 0 Å². The Morgan fingerprint density at radius 1 is 1.20 bits per heavy atom. The van der Waals surface area contributed by atoms with E-state index in [4.69, 9.17) is 4.74 Å². The molecule has 1 atom stereocenters. The molecule has 1 aliphatic heterocycles. The first kappa shape index (κ1) is 18.2. The molecule has 25 heavy (non-hydrogen) atoms. The summed E-state index contributed by atoms with van der Waals surface area (Å²) < 4.78 is 34.9. The Morgan fingerprint density at radius 2 is 1.88 bits per heavy atom. The molecule has 2 N–H and O–H groups in total. The maximum absolute atomic E-state index is 12.5. The third kappa shape index (κ3) is 4.93. The number of anilines is 1. The van der Waals surface area contributed by atoms with Crippen LogP contribution in [0, 0.1) is 0 Å². The first-order chi connectivity index (χ1) is 11.9. The smallest absolute Gasteiger partial charge is 0.299 e. The van der Waals surface area contributed by atoms with Crippen molar-refractivity contribution in [1.29, 1.82) is 0 Å². The molecule has 0 bridgehead atoms. The molecule has 1 saturated heterocycles. The minimum atomic E-state index is -3.59. The Balaban J connectivity index is 1.60. The van der Waals surface area contributed by atoms with Gasteiger partial charge in [-0.2, -0.15) is 13.1 Å². The second-order valence-electron chi connectivity index (χ2n) is 6.71. The van der Waals surface area contributed by atoms with Crippen LogP contribution in [0.3, 0.4) is 0 Å². The zero-order valence-corrected chi connectivity index (χ0v) is 15.2. The lowest BCUT2D eigenvalue weighted by molar-refractivity contribution is -0.0124. The van der Waals surface area contributed by atoms with Gasteiger partial charge in [0, 0.05) is 30.4 Å². The summed E-state index contributed by atoms with van der Waals surface area (Å²) >= 11 is 0. The number of nitrogens with zero attached hydrogens (tertiary/aromatic N) is 1. The molecule has 0 radical (unpaired) electrons. The Labute approximate surface area is 148 Å². The Hall–Kier alpha value is -1.64. The maximum atomic E-state index is 12.5. The number of rotatable bonds is 5. The van der Waals surface area contributed by atoms with Crippen LogP contribution in [0.15, 0.2) is 24.3 Å². The van der Waals surface area contributed by atoms with E-state index < -0.39 is 10.2 Å². The molecule has 0 aromatic heterocycles. The molecule has 1 unspecified atom stereocenters. The van der Waals surface area contributed by atoms with E-state index in [1.807, 2.05) is 6.92 Å². The van der Waals surface area contributed by atoms with Gasteiger partial charge in [0.25, 0.3) is 16.1 Å². The SMILES string of the molecule is CC1CN(C(=O)c2ccc(NS(=O)(=O)NC3CCCC3)cc2)CCO1. The quantitative estimate of drug-likeness (QED) is 0.830. The number of carbonyl (C=O) groups is 1. The van der Waals surface area contributed by atoms with Crippen molar-refractivity contribution in [3.05, 3.63) is 29.8 Å². The van der Waals surface area contributed by atoms with Gasteiger partial charge in [0.05, 0.1) is 12.7 Å². The van der Waals surface area contributed by atoms with Crippen LogP contribution in [-0.2, 0) is 14.9 Å². The van der Waals surface area contributed by atoms with Crippen LogP contribution >= 0.6 is 0 Å². The van der Waals surface area contributed by atoms with Crippen LogP contribution in [0.5, 0.6) is 0 Å². The van der Waals surface area contributed by atoms with Gasteiger partial charge in [-0.1, -0.05) is 12.8 Å². The third-order valence-electron chi connectivity index (χ3n) is 4.59. The van der Waals surface area contributed by atoms with Gasteiger partial charge < -0.3 is 9.64 Å². The number of benzene rings is 1. The molecule has 7 nitrogen and oxygen atoms in total. The lowest BCUT2D eigenvalue weighted by Gasteiger charge is -2.31. The van der Waals surface area contributed by atoms with Crippen molar-refractivity contribution >= 4 is 21.8 Å². The highest BCUT2D eigenvalue weighted by molar-refractivity contribution is 7.90. The van der Waals surface area contributed by atoms with Crippen LogP contribution < -0.4 is 9.44 Å². The summed E-state index contributed by atoms with van der Waals surface area (Å²) in [6, 6.07) is 6.54. The predicted octanol–water partition coefficient (Wildman–Crippen LogP) is 1.74. The Bertz CT molecular complexity index is 699. The normalized spacial score (nSPS) is 22.1. The number of carbonyl (C=O) groups excluding carboxylic acids is 1. The number of hydrogen-bond acceptors (Lipinski definition) is 4. The zero-order chi connectivity index (χ0) is 17.9. The average molecular weight is 367 g/mol. The molecule has 1 amide bonds. The summed E-state index contributed by atoms with van der Waals surface area (Å²) in [4.78, 5) is 14.3. The molecule has 1 aromatic rings. The molecule has 8 heteroatoms. The van der Waals surface area contributed by atoms with E-state index in [9.17, 15) is 13.2 Å². The van der Waals surface area contributed by atoms with Crippen LogP contribution in [0.1, 0.15) is 43.0 Å². The van der Waals surface area contributed by atoms with E-state index in [0.717, 1.165) is 25.7 Å². The molecule has 138 valence electrons. The highest BCUT2D eigenvalue weighted by Gasteiger charge is 2.23. The van der Waals surface area contributed by atoms with E-state index in [-0.39, 0.29) is 18.1 Å². The van der Waals surface area contributed by atoms with Gasteiger partial charge >= 0.3 is 0 Å². The zero-order valence-electron chi connectivity index (χ0n) is 14.4. The van der Waals surface area contributed by atoms with Crippen molar-refractivity contribution in [2.75, 3.05) is 24.4 Å². The molecule has 1 heterocycles. The van der Waals surface area contributed by atoms with E-state index in [1.54, 1.807) is 29.2 Å². The lowest BCUT2D eigenvalue weighted by atomic mass is 10.1. The summed E-state index contributed by atoms with van der Waals surface area (Å²) in [6.07, 6.45) is 3.91. The topological polar surface area (TPSA) is 87.7 Å². The summed E-state index contributed by atoms with van der Waals surface area (Å²) in [5.74, 6) is -0.0614. The number of hydrogen-bond donors (Lipinski definition) is 2. The molecule has 1 aromatic carbocycles. The van der Waals surface area contributed by atoms with E-state index in [2.05, 4.69) is 9.44 Å². The first-order valence-corrected chi connectivity index (χ1v) is 10.2. The number of morpholine rings is 1. The monoisotopic (exact) mass is 367 g/mol. The summed E-state index contributed by atoms with van der Waals surface area (Å²) in [5.41, 5.74) is 0.984. The van der Waals surface area contributed by atoms with Gasteiger partial charge in [0.1, 0.15) is 0 Å². The average Bonchev–Trinajstić information content (AvgIpc) is 3.06. The number of nitrogens with one attached hydrogen (secondary N) is 2. The molecule has 2 fully saturated rings. The van der Waals surface area contributed by atoms with E-state index in [0.29, 0.717) is 30.9 Å². The molecule has 1 aliphatic carbocycles. The van der Waals surface area contributed by atoms with Gasteiger partial charge in [-0.25, -0.2) is 0 Å². The van der Waals surface area contributed by atoms with E-state index in [1.165, 1.54) is 0 Å². The van der Waals surface area contributed by atoms with Crippen molar-refractivity contribution in [3.63, 3.8) is 0 Å². The second-order valence-corrected chi connectivity index (χ2v) is 8.16. The molecular formula is C17H25N3O4S. The van der Waals surface area contributed by atoms with Gasteiger partial charge in [0.2, 0.25) is 0 Å². The number of amides is 1. The molecule has 1 saturated carbocycles. The fourth-order valence-electron chi connectivity index (χ4n) is 3.31. The highest BCUT2D eigenvalue weighted by Crippen LogP contribution is 2.19. The summed E-state index contributed by atoms with van der Waals surface area (Å²) in [6.45, 7) is 3.62. The van der Waals surface area contributed by atoms with Crippen molar-refractivity contribution < 1.29 is 17.9 Å². The molecule has 0 spiro atoms.